The summed E-state index contributed by atoms with van der Waals surface area (Å²) in [6.45, 7) is 3.11. The SMILES string of the molecule is C[C@@H]1C[C@H]1CN(C)c1cc(C(=O)O)cc(Cl)n1. The molecular formula is C12H15ClN2O2. The average molecular weight is 255 g/mol. The Balaban J connectivity index is 2.16. The summed E-state index contributed by atoms with van der Waals surface area (Å²) in [5.74, 6) is 1.09. The highest BCUT2D eigenvalue weighted by atomic mass is 35.5. The van der Waals surface area contributed by atoms with Crippen LogP contribution in [-0.2, 0) is 0 Å². The molecule has 0 aliphatic heterocycles. The third-order valence-electron chi connectivity index (χ3n) is 3.20. The molecule has 1 aromatic heterocycles. The van der Waals surface area contributed by atoms with Crippen molar-refractivity contribution in [3.63, 3.8) is 0 Å². The molecule has 0 aromatic carbocycles. The minimum Gasteiger partial charge on any atom is -0.478 e. The van der Waals surface area contributed by atoms with Crippen molar-refractivity contribution in [2.45, 2.75) is 13.3 Å². The number of aromatic nitrogens is 1. The lowest BCUT2D eigenvalue weighted by molar-refractivity contribution is 0.0697. The van der Waals surface area contributed by atoms with E-state index in [1.807, 2.05) is 11.9 Å². The van der Waals surface area contributed by atoms with E-state index in [-0.39, 0.29) is 10.7 Å². The fourth-order valence-electron chi connectivity index (χ4n) is 1.90. The third kappa shape index (κ3) is 2.88. The number of carboxylic acid groups (broad SMARTS) is 1. The van der Waals surface area contributed by atoms with Crippen LogP contribution in [0.2, 0.25) is 5.15 Å². The Kier molecular flexibility index (Phi) is 3.24. The van der Waals surface area contributed by atoms with Gasteiger partial charge in [0.05, 0.1) is 5.56 Å². The second kappa shape index (κ2) is 4.53. The van der Waals surface area contributed by atoms with Crippen molar-refractivity contribution in [2.24, 2.45) is 11.8 Å². The topological polar surface area (TPSA) is 53.4 Å². The highest BCUT2D eigenvalue weighted by Gasteiger charge is 2.33. The highest BCUT2D eigenvalue weighted by molar-refractivity contribution is 6.29. The van der Waals surface area contributed by atoms with Crippen LogP contribution < -0.4 is 4.90 Å². The summed E-state index contributed by atoms with van der Waals surface area (Å²) in [5, 5.41) is 9.16. The molecule has 17 heavy (non-hydrogen) atoms. The van der Waals surface area contributed by atoms with Crippen LogP contribution in [0.3, 0.4) is 0 Å². The van der Waals surface area contributed by atoms with Crippen molar-refractivity contribution < 1.29 is 9.90 Å². The van der Waals surface area contributed by atoms with E-state index in [2.05, 4.69) is 11.9 Å². The zero-order chi connectivity index (χ0) is 12.6. The van der Waals surface area contributed by atoms with Crippen LogP contribution in [0.4, 0.5) is 5.82 Å². The maximum atomic E-state index is 10.9. The van der Waals surface area contributed by atoms with Gasteiger partial charge in [-0.2, -0.15) is 0 Å². The van der Waals surface area contributed by atoms with Gasteiger partial charge in [-0.25, -0.2) is 9.78 Å². The van der Waals surface area contributed by atoms with Gasteiger partial charge in [0.15, 0.2) is 0 Å². The normalized spacial score (nSPS) is 22.3. The Morgan fingerprint density at radius 2 is 2.29 bits per heavy atom. The lowest BCUT2D eigenvalue weighted by Gasteiger charge is -2.18. The maximum Gasteiger partial charge on any atom is 0.335 e. The summed E-state index contributed by atoms with van der Waals surface area (Å²) in [5.41, 5.74) is 0.177. The summed E-state index contributed by atoms with van der Waals surface area (Å²) < 4.78 is 0. The van der Waals surface area contributed by atoms with Crippen molar-refractivity contribution >= 4 is 23.4 Å². The van der Waals surface area contributed by atoms with Crippen LogP contribution in [0.1, 0.15) is 23.7 Å². The molecule has 1 fully saturated rings. The third-order valence-corrected chi connectivity index (χ3v) is 3.40. The van der Waals surface area contributed by atoms with Gasteiger partial charge in [-0.15, -0.1) is 0 Å². The van der Waals surface area contributed by atoms with Gasteiger partial charge in [-0.1, -0.05) is 18.5 Å². The standard InChI is InChI=1S/C12H15ClN2O2/c1-7-3-9(7)6-15(2)11-5-8(12(16)17)4-10(13)14-11/h4-5,7,9H,3,6H2,1-2H3,(H,16,17)/t7-,9+/m1/s1. The van der Waals surface area contributed by atoms with Gasteiger partial charge in [-0.3, -0.25) is 0 Å². The number of rotatable bonds is 4. The van der Waals surface area contributed by atoms with Gasteiger partial charge in [0.25, 0.3) is 0 Å². The molecule has 1 aliphatic rings. The average Bonchev–Trinajstić information content (AvgIpc) is 2.93. The van der Waals surface area contributed by atoms with E-state index in [0.29, 0.717) is 11.7 Å². The first kappa shape index (κ1) is 12.2. The van der Waals surface area contributed by atoms with Crippen LogP contribution in [0, 0.1) is 11.8 Å². The first-order valence-corrected chi connectivity index (χ1v) is 5.97. The van der Waals surface area contributed by atoms with Gasteiger partial charge in [0.1, 0.15) is 11.0 Å². The second-order valence-electron chi connectivity index (χ2n) is 4.70. The van der Waals surface area contributed by atoms with E-state index >= 15 is 0 Å². The number of pyridine rings is 1. The van der Waals surface area contributed by atoms with E-state index in [4.69, 9.17) is 16.7 Å². The highest BCUT2D eigenvalue weighted by Crippen LogP contribution is 2.38. The second-order valence-corrected chi connectivity index (χ2v) is 5.08. The molecule has 1 N–H and O–H groups in total. The summed E-state index contributed by atoms with van der Waals surface area (Å²) >= 11 is 5.82. The largest absolute Gasteiger partial charge is 0.478 e. The number of hydrogen-bond acceptors (Lipinski definition) is 3. The number of nitrogens with zero attached hydrogens (tertiary/aromatic N) is 2. The smallest absolute Gasteiger partial charge is 0.335 e. The molecule has 92 valence electrons. The summed E-state index contributed by atoms with van der Waals surface area (Å²) in [4.78, 5) is 17.0. The molecule has 0 unspecified atom stereocenters. The molecule has 2 rings (SSSR count). The van der Waals surface area contributed by atoms with Gasteiger partial charge < -0.3 is 10.0 Å². The quantitative estimate of drug-likeness (QED) is 0.839. The van der Waals surface area contributed by atoms with Crippen molar-refractivity contribution in [1.29, 1.82) is 0 Å². The van der Waals surface area contributed by atoms with Gasteiger partial charge >= 0.3 is 5.97 Å². The first-order valence-electron chi connectivity index (χ1n) is 5.59. The summed E-state index contributed by atoms with van der Waals surface area (Å²) in [7, 11) is 1.91. The Hall–Kier alpha value is -1.29. The monoisotopic (exact) mass is 254 g/mol. The minimum atomic E-state index is -0.983. The number of halogens is 1. The number of carbonyl (C=O) groups is 1. The van der Waals surface area contributed by atoms with E-state index < -0.39 is 5.97 Å². The van der Waals surface area contributed by atoms with Crippen molar-refractivity contribution in [3.8, 4) is 0 Å². The maximum absolute atomic E-state index is 10.9. The van der Waals surface area contributed by atoms with Crippen molar-refractivity contribution in [2.75, 3.05) is 18.5 Å². The predicted molar refractivity (Wildman–Crippen MR) is 66.7 cm³/mol. The van der Waals surface area contributed by atoms with E-state index in [0.717, 1.165) is 12.5 Å². The summed E-state index contributed by atoms with van der Waals surface area (Å²) in [6, 6.07) is 2.92. The van der Waals surface area contributed by atoms with E-state index in [1.54, 1.807) is 6.07 Å². The Labute approximate surface area is 105 Å². The number of aromatic carboxylic acids is 1. The van der Waals surface area contributed by atoms with E-state index in [9.17, 15) is 4.79 Å². The number of hydrogen-bond donors (Lipinski definition) is 1. The molecule has 2 atom stereocenters. The zero-order valence-corrected chi connectivity index (χ0v) is 10.6. The fourth-order valence-corrected chi connectivity index (χ4v) is 2.10. The predicted octanol–water partition coefficient (Wildman–Crippen LogP) is 2.53. The molecule has 0 bridgehead atoms. The molecular weight excluding hydrogens is 240 g/mol. The van der Waals surface area contributed by atoms with Crippen LogP contribution >= 0.6 is 11.6 Å². The lowest BCUT2D eigenvalue weighted by atomic mass is 10.2. The molecule has 0 spiro atoms. The van der Waals surface area contributed by atoms with Crippen LogP contribution in [0.25, 0.3) is 0 Å². The van der Waals surface area contributed by atoms with Crippen LogP contribution in [0.15, 0.2) is 12.1 Å². The molecule has 4 nitrogen and oxygen atoms in total. The van der Waals surface area contributed by atoms with Gasteiger partial charge in [0, 0.05) is 13.6 Å². The Morgan fingerprint density at radius 3 is 2.82 bits per heavy atom. The number of anilines is 1. The fraction of sp³-hybridized carbons (Fsp3) is 0.500. The zero-order valence-electron chi connectivity index (χ0n) is 9.85. The molecule has 1 saturated carbocycles. The molecule has 1 aromatic rings. The number of carboxylic acids is 1. The Morgan fingerprint density at radius 1 is 1.65 bits per heavy atom. The van der Waals surface area contributed by atoms with Crippen molar-refractivity contribution in [1.82, 2.24) is 4.98 Å². The van der Waals surface area contributed by atoms with Crippen LogP contribution in [0.5, 0.6) is 0 Å². The lowest BCUT2D eigenvalue weighted by Crippen LogP contribution is -2.22. The van der Waals surface area contributed by atoms with Gasteiger partial charge in [-0.05, 0) is 30.4 Å². The van der Waals surface area contributed by atoms with Gasteiger partial charge in [0.2, 0.25) is 0 Å². The van der Waals surface area contributed by atoms with E-state index in [1.165, 1.54) is 12.5 Å². The first-order chi connectivity index (χ1) is 7.97. The Bertz CT molecular complexity index is 450. The minimum absolute atomic E-state index is 0.177. The molecule has 5 heteroatoms. The molecule has 1 aliphatic carbocycles. The molecule has 1 heterocycles. The van der Waals surface area contributed by atoms with Crippen LogP contribution in [-0.4, -0.2) is 29.7 Å². The molecule has 0 saturated heterocycles. The van der Waals surface area contributed by atoms with Crippen molar-refractivity contribution in [3.05, 3.63) is 22.8 Å². The molecule has 0 radical (unpaired) electrons. The molecule has 0 amide bonds. The summed E-state index contributed by atoms with van der Waals surface area (Å²) in [6.07, 6.45) is 1.23.